The molecule has 0 saturated carbocycles. The highest BCUT2D eigenvalue weighted by atomic mass is 79.9. The van der Waals surface area contributed by atoms with Crippen molar-refractivity contribution < 1.29 is 0 Å². The summed E-state index contributed by atoms with van der Waals surface area (Å²) in [6.07, 6.45) is 2.03. The predicted molar refractivity (Wildman–Crippen MR) is 82.5 cm³/mol. The molecule has 2 aromatic rings. The highest BCUT2D eigenvalue weighted by Crippen LogP contribution is 2.47. The van der Waals surface area contributed by atoms with E-state index in [-0.39, 0.29) is 0 Å². The van der Waals surface area contributed by atoms with Crippen LogP contribution in [0.3, 0.4) is 0 Å². The largest absolute Gasteiger partial charge is 0.386 e. The van der Waals surface area contributed by atoms with Crippen LogP contribution in [0.25, 0.3) is 10.9 Å². The predicted octanol–water partition coefficient (Wildman–Crippen LogP) is 4.63. The van der Waals surface area contributed by atoms with Crippen molar-refractivity contribution in [1.29, 1.82) is 0 Å². The van der Waals surface area contributed by atoms with Gasteiger partial charge in [0.2, 0.25) is 0 Å². The molecule has 1 aliphatic rings. The molecule has 2 nitrogen and oxygen atoms in total. The molecule has 5 heteroatoms. The summed E-state index contributed by atoms with van der Waals surface area (Å²) >= 11 is 5.61. The van der Waals surface area contributed by atoms with Crippen molar-refractivity contribution in [1.82, 2.24) is 4.98 Å². The van der Waals surface area contributed by atoms with E-state index in [1.165, 1.54) is 26.0 Å². The number of aromatic amines is 1. The minimum atomic E-state index is -1.31. The van der Waals surface area contributed by atoms with Gasteiger partial charge in [-0.05, 0) is 12.1 Å². The fourth-order valence-corrected chi connectivity index (χ4v) is 6.64. The number of hydrogen-bond acceptors (Lipinski definition) is 2. The number of aromatic nitrogens is 1. The molecule has 3 rings (SSSR count). The van der Waals surface area contributed by atoms with Gasteiger partial charge in [-0.15, -0.1) is 11.8 Å². The van der Waals surface area contributed by atoms with E-state index in [0.717, 1.165) is 5.88 Å². The molecule has 0 saturated heterocycles. The Morgan fingerprint density at radius 1 is 1.41 bits per heavy atom. The second-order valence-electron chi connectivity index (χ2n) is 5.34. The van der Waals surface area contributed by atoms with E-state index in [1.807, 2.05) is 18.0 Å². The van der Waals surface area contributed by atoms with E-state index in [2.05, 4.69) is 57.3 Å². The lowest BCUT2D eigenvalue weighted by molar-refractivity contribution is 1.22. The summed E-state index contributed by atoms with van der Waals surface area (Å²) in [5.41, 5.74) is 2.69. The van der Waals surface area contributed by atoms with Crippen molar-refractivity contribution in [2.24, 2.45) is 0 Å². The number of hydrogen-bond donors (Lipinski definition) is 1. The van der Waals surface area contributed by atoms with Gasteiger partial charge in [0.05, 0.1) is 17.1 Å². The molecule has 1 aromatic heterocycles. The molecule has 1 aromatic carbocycles. The van der Waals surface area contributed by atoms with E-state index < -0.39 is 8.24 Å². The van der Waals surface area contributed by atoms with Crippen LogP contribution in [0.5, 0.6) is 0 Å². The standard InChI is InChI=1S/C12H15BrN2SSi/c1-17(2,3)15-7-16-10-6-9(13)8-4-5-14-11(8)12(10)15/h4-6,14H,7H2,1-3H3. The number of anilines is 1. The van der Waals surface area contributed by atoms with E-state index in [0.29, 0.717) is 0 Å². The fourth-order valence-electron chi connectivity index (χ4n) is 2.25. The van der Waals surface area contributed by atoms with Gasteiger partial charge in [0.25, 0.3) is 0 Å². The molecule has 0 radical (unpaired) electrons. The molecule has 0 aliphatic carbocycles. The first-order valence-electron chi connectivity index (χ1n) is 5.68. The highest BCUT2D eigenvalue weighted by Gasteiger charge is 2.32. The molecule has 1 aliphatic heterocycles. The average molecular weight is 327 g/mol. The molecule has 2 heterocycles. The maximum atomic E-state index is 3.66. The van der Waals surface area contributed by atoms with Crippen LogP contribution >= 0.6 is 27.7 Å². The van der Waals surface area contributed by atoms with Crippen LogP contribution in [0.4, 0.5) is 5.69 Å². The van der Waals surface area contributed by atoms with E-state index >= 15 is 0 Å². The number of nitrogens with zero attached hydrogens (tertiary/aromatic N) is 1. The number of thioether (sulfide) groups is 1. The Bertz CT molecular complexity index is 588. The first kappa shape index (κ1) is 11.7. The van der Waals surface area contributed by atoms with Gasteiger partial charge >= 0.3 is 0 Å². The van der Waals surface area contributed by atoms with Gasteiger partial charge in [-0.1, -0.05) is 35.6 Å². The Labute approximate surface area is 115 Å². The smallest absolute Gasteiger partial charge is 0.148 e. The fraction of sp³-hybridized carbons (Fsp3) is 0.333. The summed E-state index contributed by atoms with van der Waals surface area (Å²) < 4.78 is 3.80. The number of halogens is 1. The molecule has 0 spiro atoms. The Morgan fingerprint density at radius 3 is 2.88 bits per heavy atom. The summed E-state index contributed by atoms with van der Waals surface area (Å²) in [7, 11) is -1.31. The summed E-state index contributed by atoms with van der Waals surface area (Å²) in [5.74, 6) is 1.09. The molecular formula is C12H15BrN2SSi. The van der Waals surface area contributed by atoms with Crippen molar-refractivity contribution in [3.05, 3.63) is 22.8 Å². The first-order chi connectivity index (χ1) is 7.98. The second-order valence-corrected chi connectivity index (χ2v) is 12.1. The highest BCUT2D eigenvalue weighted by molar-refractivity contribution is 9.10. The van der Waals surface area contributed by atoms with E-state index in [9.17, 15) is 0 Å². The van der Waals surface area contributed by atoms with Crippen molar-refractivity contribution in [2.75, 3.05) is 10.4 Å². The zero-order chi connectivity index (χ0) is 12.2. The molecule has 0 atom stereocenters. The Hall–Kier alpha value is -0.393. The van der Waals surface area contributed by atoms with Crippen molar-refractivity contribution in [3.8, 4) is 0 Å². The molecule has 0 unspecified atom stereocenters. The lowest BCUT2D eigenvalue weighted by Gasteiger charge is -2.32. The molecule has 0 bridgehead atoms. The average Bonchev–Trinajstić information content (AvgIpc) is 2.78. The lowest BCUT2D eigenvalue weighted by atomic mass is 10.2. The number of rotatable bonds is 1. The maximum Gasteiger partial charge on any atom is 0.148 e. The Morgan fingerprint density at radius 2 is 2.18 bits per heavy atom. The summed E-state index contributed by atoms with van der Waals surface area (Å²) in [5, 5.41) is 1.29. The first-order valence-corrected chi connectivity index (χ1v) is 10.9. The number of fused-ring (bicyclic) bond motifs is 3. The van der Waals surface area contributed by atoms with Gasteiger partial charge < -0.3 is 9.55 Å². The molecule has 0 amide bonds. The van der Waals surface area contributed by atoms with Crippen LogP contribution in [-0.2, 0) is 0 Å². The van der Waals surface area contributed by atoms with Crippen LogP contribution in [0.15, 0.2) is 27.7 Å². The summed E-state index contributed by atoms with van der Waals surface area (Å²) in [4.78, 5) is 4.80. The Kier molecular flexibility index (Phi) is 2.61. The van der Waals surface area contributed by atoms with Crippen molar-refractivity contribution >= 4 is 52.5 Å². The quantitative estimate of drug-likeness (QED) is 0.770. The third kappa shape index (κ3) is 1.75. The van der Waals surface area contributed by atoms with Gasteiger partial charge in [-0.3, -0.25) is 0 Å². The Balaban J connectivity index is 2.30. The van der Waals surface area contributed by atoms with Gasteiger partial charge in [0, 0.05) is 21.0 Å². The second kappa shape index (κ2) is 3.80. The molecule has 0 fully saturated rings. The normalized spacial score (nSPS) is 15.6. The minimum absolute atomic E-state index is 1.09. The summed E-state index contributed by atoms with van der Waals surface area (Å²) in [6.45, 7) is 7.21. The van der Waals surface area contributed by atoms with E-state index in [4.69, 9.17) is 0 Å². The summed E-state index contributed by atoms with van der Waals surface area (Å²) in [6, 6.07) is 4.40. The molecule has 17 heavy (non-hydrogen) atoms. The van der Waals surface area contributed by atoms with Gasteiger partial charge in [0.1, 0.15) is 8.24 Å². The monoisotopic (exact) mass is 326 g/mol. The number of benzene rings is 1. The number of nitrogens with one attached hydrogen (secondary N) is 1. The van der Waals surface area contributed by atoms with Crippen molar-refractivity contribution in [2.45, 2.75) is 24.5 Å². The zero-order valence-corrected chi connectivity index (χ0v) is 13.6. The van der Waals surface area contributed by atoms with Crippen LogP contribution in [0, 0.1) is 0 Å². The van der Waals surface area contributed by atoms with Crippen molar-refractivity contribution in [3.63, 3.8) is 0 Å². The van der Waals surface area contributed by atoms with Crippen LogP contribution in [0.1, 0.15) is 0 Å². The lowest BCUT2D eigenvalue weighted by Crippen LogP contribution is -2.44. The van der Waals surface area contributed by atoms with E-state index in [1.54, 1.807) is 0 Å². The van der Waals surface area contributed by atoms with Crippen LogP contribution in [0.2, 0.25) is 19.6 Å². The van der Waals surface area contributed by atoms with Gasteiger partial charge in [0.15, 0.2) is 0 Å². The number of H-pyrrole nitrogens is 1. The zero-order valence-electron chi connectivity index (χ0n) is 10.2. The van der Waals surface area contributed by atoms with Crippen LogP contribution < -0.4 is 4.57 Å². The topological polar surface area (TPSA) is 19.0 Å². The van der Waals surface area contributed by atoms with Crippen LogP contribution in [-0.4, -0.2) is 19.1 Å². The molecule has 90 valence electrons. The third-order valence-electron chi connectivity index (χ3n) is 3.16. The molecular weight excluding hydrogens is 312 g/mol. The molecule has 1 N–H and O–H groups in total. The SMILES string of the molecule is C[Si](C)(C)N1CSc2cc(Br)c3cc[nH]c3c21. The maximum absolute atomic E-state index is 3.66. The minimum Gasteiger partial charge on any atom is -0.386 e. The third-order valence-corrected chi connectivity index (χ3v) is 7.06. The van der Waals surface area contributed by atoms with Gasteiger partial charge in [-0.25, -0.2) is 0 Å². The van der Waals surface area contributed by atoms with Gasteiger partial charge in [-0.2, -0.15) is 0 Å².